The minimum atomic E-state index is -0.711. The number of carbonyl (C=O) groups excluding carboxylic acids is 4. The Morgan fingerprint density at radius 3 is 2.07 bits per heavy atom. The van der Waals surface area contributed by atoms with Gasteiger partial charge in [-0.2, -0.15) is 0 Å². The maximum atomic E-state index is 12.0. The molecule has 0 radical (unpaired) electrons. The number of rotatable bonds is 6. The van der Waals surface area contributed by atoms with Crippen LogP contribution in [0.2, 0.25) is 0 Å². The molecule has 140 valence electrons. The number of hydrogen-bond acceptors (Lipinski definition) is 8. The number of methoxy groups -OCH3 is 2. The largest absolute Gasteiger partial charge is 0.465 e. The number of pyridine rings is 1. The van der Waals surface area contributed by atoms with Crippen molar-refractivity contribution >= 4 is 29.5 Å². The minimum absolute atomic E-state index is 0.0445. The van der Waals surface area contributed by atoms with Crippen molar-refractivity contribution in [2.75, 3.05) is 26.1 Å². The van der Waals surface area contributed by atoms with Crippen LogP contribution in [0.4, 0.5) is 5.69 Å². The molecule has 0 aliphatic rings. The van der Waals surface area contributed by atoms with Gasteiger partial charge in [-0.25, -0.2) is 14.4 Å². The second-order valence-electron chi connectivity index (χ2n) is 5.15. The van der Waals surface area contributed by atoms with Crippen molar-refractivity contribution in [1.82, 2.24) is 4.98 Å². The highest BCUT2D eigenvalue weighted by Gasteiger charge is 2.16. The van der Waals surface area contributed by atoms with Gasteiger partial charge in [0.25, 0.3) is 5.91 Å². The van der Waals surface area contributed by atoms with Crippen LogP contribution in [-0.2, 0) is 19.0 Å². The van der Waals surface area contributed by atoms with Crippen molar-refractivity contribution in [1.29, 1.82) is 0 Å². The van der Waals surface area contributed by atoms with Gasteiger partial charge in [0, 0.05) is 18.1 Å². The summed E-state index contributed by atoms with van der Waals surface area (Å²) in [5.41, 5.74) is 0.429. The van der Waals surface area contributed by atoms with E-state index in [0.717, 1.165) is 0 Å². The summed E-state index contributed by atoms with van der Waals surface area (Å²) in [4.78, 5) is 51.0. The van der Waals surface area contributed by atoms with Crippen LogP contribution in [0.3, 0.4) is 0 Å². The molecule has 27 heavy (non-hydrogen) atoms. The number of hydrogen-bond donors (Lipinski definition) is 1. The van der Waals surface area contributed by atoms with Gasteiger partial charge < -0.3 is 19.5 Å². The molecule has 1 aromatic carbocycles. The first-order valence-electron chi connectivity index (χ1n) is 7.63. The molecule has 0 spiro atoms. The van der Waals surface area contributed by atoms with Gasteiger partial charge in [-0.05, 0) is 30.3 Å². The van der Waals surface area contributed by atoms with Gasteiger partial charge in [0.2, 0.25) is 0 Å². The van der Waals surface area contributed by atoms with E-state index in [9.17, 15) is 19.2 Å². The lowest BCUT2D eigenvalue weighted by atomic mass is 10.1. The second kappa shape index (κ2) is 9.09. The summed E-state index contributed by atoms with van der Waals surface area (Å²) in [6.07, 6.45) is 2.80. The summed E-state index contributed by atoms with van der Waals surface area (Å²) in [7, 11) is 2.37. The van der Waals surface area contributed by atoms with Gasteiger partial charge in [0.15, 0.2) is 6.61 Å². The van der Waals surface area contributed by atoms with E-state index in [1.165, 1.54) is 50.9 Å². The number of nitrogens with zero attached hydrogens (tertiary/aromatic N) is 1. The molecule has 1 amide bonds. The van der Waals surface area contributed by atoms with Crippen LogP contribution in [0.15, 0.2) is 42.7 Å². The molecule has 1 heterocycles. The highest BCUT2D eigenvalue weighted by atomic mass is 16.5. The maximum absolute atomic E-state index is 12.0. The van der Waals surface area contributed by atoms with Crippen LogP contribution in [0.25, 0.3) is 0 Å². The minimum Gasteiger partial charge on any atom is -0.465 e. The highest BCUT2D eigenvalue weighted by molar-refractivity contribution is 6.00. The molecule has 0 bridgehead atoms. The Morgan fingerprint density at radius 2 is 1.56 bits per heavy atom. The molecule has 0 fully saturated rings. The third kappa shape index (κ3) is 5.36. The zero-order valence-electron chi connectivity index (χ0n) is 14.6. The van der Waals surface area contributed by atoms with Crippen LogP contribution >= 0.6 is 0 Å². The molecular formula is C18H16N2O7. The highest BCUT2D eigenvalue weighted by Crippen LogP contribution is 2.17. The van der Waals surface area contributed by atoms with Crippen LogP contribution in [0.1, 0.15) is 31.1 Å². The first-order chi connectivity index (χ1) is 12.9. The molecule has 9 nitrogen and oxygen atoms in total. The van der Waals surface area contributed by atoms with E-state index < -0.39 is 30.4 Å². The standard InChI is InChI=1S/C18H16N2O7/c1-25-16(22)12-6-13(17(23)26-2)8-14(7-12)20-15(21)10-27-18(24)11-4-3-5-19-9-11/h3-9H,10H2,1-2H3,(H,20,21). The van der Waals surface area contributed by atoms with Crippen LogP contribution in [0.5, 0.6) is 0 Å². The number of esters is 3. The van der Waals surface area contributed by atoms with E-state index in [-0.39, 0.29) is 22.4 Å². The number of anilines is 1. The Balaban J connectivity index is 2.08. The van der Waals surface area contributed by atoms with E-state index >= 15 is 0 Å². The third-order valence-corrected chi connectivity index (χ3v) is 3.29. The van der Waals surface area contributed by atoms with Crippen LogP contribution < -0.4 is 5.32 Å². The fourth-order valence-corrected chi connectivity index (χ4v) is 2.07. The third-order valence-electron chi connectivity index (χ3n) is 3.29. The Labute approximate surface area is 154 Å². The van der Waals surface area contributed by atoms with Gasteiger partial charge >= 0.3 is 17.9 Å². The molecule has 0 aliphatic heterocycles. The lowest BCUT2D eigenvalue weighted by Gasteiger charge is -2.10. The normalized spacial score (nSPS) is 9.85. The zero-order chi connectivity index (χ0) is 19.8. The molecule has 1 aromatic heterocycles. The second-order valence-corrected chi connectivity index (χ2v) is 5.15. The molecule has 0 atom stereocenters. The van der Waals surface area contributed by atoms with Gasteiger partial charge in [0.1, 0.15) is 0 Å². The van der Waals surface area contributed by atoms with Crippen molar-refractivity contribution in [3.8, 4) is 0 Å². The molecule has 0 saturated carbocycles. The number of nitrogens with one attached hydrogen (secondary N) is 1. The molecule has 9 heteroatoms. The topological polar surface area (TPSA) is 121 Å². The maximum Gasteiger partial charge on any atom is 0.340 e. The summed E-state index contributed by atoms with van der Waals surface area (Å²) in [5.74, 6) is -2.76. The zero-order valence-corrected chi connectivity index (χ0v) is 14.6. The van der Waals surface area contributed by atoms with E-state index in [1.807, 2.05) is 0 Å². The molecule has 2 rings (SSSR count). The van der Waals surface area contributed by atoms with Crippen LogP contribution in [-0.4, -0.2) is 49.6 Å². The summed E-state index contributed by atoms with van der Waals surface area (Å²) < 4.78 is 14.1. The van der Waals surface area contributed by atoms with Crippen molar-refractivity contribution in [2.24, 2.45) is 0 Å². The Morgan fingerprint density at radius 1 is 0.926 bits per heavy atom. The fourth-order valence-electron chi connectivity index (χ4n) is 2.07. The summed E-state index contributed by atoms with van der Waals surface area (Å²) in [5, 5.41) is 2.44. The molecule has 1 N–H and O–H groups in total. The van der Waals surface area contributed by atoms with Crippen molar-refractivity contribution in [2.45, 2.75) is 0 Å². The Bertz CT molecular complexity index is 831. The number of benzene rings is 1. The number of ether oxygens (including phenoxy) is 3. The van der Waals surface area contributed by atoms with E-state index in [1.54, 1.807) is 6.07 Å². The smallest absolute Gasteiger partial charge is 0.340 e. The molecule has 0 unspecified atom stereocenters. The first kappa shape index (κ1) is 19.6. The average Bonchev–Trinajstić information content (AvgIpc) is 2.71. The molecule has 2 aromatic rings. The summed E-state index contributed by atoms with van der Waals surface area (Å²) in [6.45, 7) is -0.566. The predicted octanol–water partition coefficient (Wildman–Crippen LogP) is 1.45. The Kier molecular flexibility index (Phi) is 6.59. The number of amides is 1. The van der Waals surface area contributed by atoms with Gasteiger partial charge in [-0.15, -0.1) is 0 Å². The lowest BCUT2D eigenvalue weighted by Crippen LogP contribution is -2.21. The summed E-state index contributed by atoms with van der Waals surface area (Å²) >= 11 is 0. The Hall–Kier alpha value is -3.75. The lowest BCUT2D eigenvalue weighted by molar-refractivity contribution is -0.119. The molecule has 0 saturated heterocycles. The first-order valence-corrected chi connectivity index (χ1v) is 7.63. The van der Waals surface area contributed by atoms with Crippen LogP contribution in [0, 0.1) is 0 Å². The molecule has 0 aliphatic carbocycles. The molecular weight excluding hydrogens is 356 g/mol. The van der Waals surface area contributed by atoms with Gasteiger partial charge in [-0.3, -0.25) is 9.78 Å². The quantitative estimate of drug-likeness (QED) is 0.597. The van der Waals surface area contributed by atoms with Gasteiger partial charge in [0.05, 0.1) is 30.9 Å². The SMILES string of the molecule is COC(=O)c1cc(NC(=O)COC(=O)c2cccnc2)cc(C(=O)OC)c1. The van der Waals surface area contributed by atoms with Gasteiger partial charge in [-0.1, -0.05) is 0 Å². The van der Waals surface area contributed by atoms with Crippen molar-refractivity contribution < 1.29 is 33.4 Å². The number of aromatic nitrogens is 1. The van der Waals surface area contributed by atoms with Crippen molar-refractivity contribution in [3.63, 3.8) is 0 Å². The monoisotopic (exact) mass is 372 g/mol. The fraction of sp³-hybridized carbons (Fsp3) is 0.167. The van der Waals surface area contributed by atoms with Crippen molar-refractivity contribution in [3.05, 3.63) is 59.4 Å². The van der Waals surface area contributed by atoms with E-state index in [0.29, 0.717) is 0 Å². The summed E-state index contributed by atoms with van der Waals surface area (Å²) in [6, 6.07) is 6.97. The van der Waals surface area contributed by atoms with E-state index in [2.05, 4.69) is 19.8 Å². The predicted molar refractivity (Wildman–Crippen MR) is 92.3 cm³/mol. The average molecular weight is 372 g/mol. The number of carbonyl (C=O) groups is 4. The van der Waals surface area contributed by atoms with E-state index in [4.69, 9.17) is 4.74 Å².